The molecule has 1 fully saturated rings. The van der Waals surface area contributed by atoms with E-state index < -0.39 is 24.1 Å². The lowest BCUT2D eigenvalue weighted by atomic mass is 10.2. The molecule has 0 spiro atoms. The van der Waals surface area contributed by atoms with E-state index in [9.17, 15) is 14.4 Å². The van der Waals surface area contributed by atoms with Gasteiger partial charge in [-0.05, 0) is 37.6 Å². The van der Waals surface area contributed by atoms with E-state index in [0.29, 0.717) is 24.2 Å². The Morgan fingerprint density at radius 2 is 2.11 bits per heavy atom. The molecule has 150 valence electrons. The smallest absolute Gasteiger partial charge is 0.315 e. The number of hydrogen-bond donors (Lipinski definition) is 4. The summed E-state index contributed by atoms with van der Waals surface area (Å²) in [7, 11) is 0. The summed E-state index contributed by atoms with van der Waals surface area (Å²) in [5.74, 6) is -0.716. The van der Waals surface area contributed by atoms with Crippen molar-refractivity contribution in [3.63, 3.8) is 0 Å². The zero-order chi connectivity index (χ0) is 20.7. The highest BCUT2D eigenvalue weighted by atomic mass is 16.5. The maximum Gasteiger partial charge on any atom is 0.315 e. The summed E-state index contributed by atoms with van der Waals surface area (Å²) < 4.78 is 4.85. The van der Waals surface area contributed by atoms with Crippen LogP contribution in [0.15, 0.2) is 36.9 Å². The van der Waals surface area contributed by atoms with Crippen molar-refractivity contribution in [2.24, 2.45) is 5.73 Å². The van der Waals surface area contributed by atoms with Crippen molar-refractivity contribution >= 4 is 29.4 Å². The number of nitrogens with one attached hydrogen (secondary N) is 3. The van der Waals surface area contributed by atoms with Gasteiger partial charge in [0.05, 0.1) is 19.1 Å². The summed E-state index contributed by atoms with van der Waals surface area (Å²) in [4.78, 5) is 37.9. The molecule has 28 heavy (non-hydrogen) atoms. The van der Waals surface area contributed by atoms with Crippen LogP contribution in [0.2, 0.25) is 0 Å². The molecule has 1 aromatic rings. The number of nitrogen functional groups attached to an aromatic ring is 1. The third-order valence-corrected chi connectivity index (χ3v) is 4.29. The molecule has 1 aromatic carbocycles. The number of carbonyl (C=O) groups excluding carboxylic acids is 3. The van der Waals surface area contributed by atoms with E-state index in [1.807, 2.05) is 0 Å². The SMILES string of the molecule is C=C[C@H](CC(=O)OCC)NC(=O)NC1CCN(c2ccc(C(=N)N)cc2)C1=O. The second-order valence-electron chi connectivity index (χ2n) is 6.26. The van der Waals surface area contributed by atoms with Crippen molar-refractivity contribution in [1.29, 1.82) is 5.41 Å². The molecule has 9 heteroatoms. The third-order valence-electron chi connectivity index (χ3n) is 4.29. The monoisotopic (exact) mass is 387 g/mol. The number of urea groups is 1. The van der Waals surface area contributed by atoms with Gasteiger partial charge >= 0.3 is 12.0 Å². The van der Waals surface area contributed by atoms with Crippen molar-refractivity contribution in [1.82, 2.24) is 10.6 Å². The van der Waals surface area contributed by atoms with Crippen molar-refractivity contribution in [2.75, 3.05) is 18.1 Å². The third kappa shape index (κ3) is 5.32. The molecule has 1 aliphatic heterocycles. The number of carbonyl (C=O) groups is 3. The first kappa shape index (κ1) is 20.9. The maximum absolute atomic E-state index is 12.6. The quantitative estimate of drug-likeness (QED) is 0.227. The summed E-state index contributed by atoms with van der Waals surface area (Å²) in [6, 6.07) is 4.95. The zero-order valence-electron chi connectivity index (χ0n) is 15.7. The lowest BCUT2D eigenvalue weighted by Crippen LogP contribution is -2.49. The summed E-state index contributed by atoms with van der Waals surface area (Å²) >= 11 is 0. The molecule has 0 saturated carbocycles. The molecule has 0 radical (unpaired) electrons. The molecule has 1 heterocycles. The van der Waals surface area contributed by atoms with Gasteiger partial charge in [-0.3, -0.25) is 15.0 Å². The fourth-order valence-electron chi connectivity index (χ4n) is 2.85. The van der Waals surface area contributed by atoms with Crippen molar-refractivity contribution in [2.45, 2.75) is 31.8 Å². The Morgan fingerprint density at radius 1 is 1.43 bits per heavy atom. The molecular weight excluding hydrogens is 362 g/mol. The van der Waals surface area contributed by atoms with E-state index in [1.165, 1.54) is 6.08 Å². The van der Waals surface area contributed by atoms with E-state index in [0.717, 1.165) is 0 Å². The van der Waals surface area contributed by atoms with Gasteiger partial charge in [0.1, 0.15) is 11.9 Å². The highest BCUT2D eigenvalue weighted by Gasteiger charge is 2.33. The largest absolute Gasteiger partial charge is 0.466 e. The van der Waals surface area contributed by atoms with Gasteiger partial charge in [0.15, 0.2) is 0 Å². The van der Waals surface area contributed by atoms with Gasteiger partial charge in [-0.1, -0.05) is 6.08 Å². The minimum atomic E-state index is -0.666. The molecule has 0 bridgehead atoms. The number of nitrogens with two attached hydrogens (primary N) is 1. The molecule has 0 aromatic heterocycles. The molecule has 0 aliphatic carbocycles. The van der Waals surface area contributed by atoms with Crippen LogP contribution in [-0.4, -0.2) is 49.0 Å². The number of rotatable bonds is 8. The summed E-state index contributed by atoms with van der Waals surface area (Å²) in [6.07, 6.45) is 1.87. The summed E-state index contributed by atoms with van der Waals surface area (Å²) in [6.45, 7) is 6.01. The van der Waals surface area contributed by atoms with Crippen LogP contribution in [0.3, 0.4) is 0 Å². The Morgan fingerprint density at radius 3 is 2.68 bits per heavy atom. The lowest BCUT2D eigenvalue weighted by molar-refractivity contribution is -0.143. The normalized spacial score (nSPS) is 17.0. The van der Waals surface area contributed by atoms with E-state index in [1.54, 1.807) is 36.1 Å². The van der Waals surface area contributed by atoms with E-state index >= 15 is 0 Å². The van der Waals surface area contributed by atoms with Crippen LogP contribution in [0.25, 0.3) is 0 Å². The molecule has 1 unspecified atom stereocenters. The second-order valence-corrected chi connectivity index (χ2v) is 6.26. The molecule has 5 N–H and O–H groups in total. The van der Waals surface area contributed by atoms with Crippen LogP contribution < -0.4 is 21.3 Å². The van der Waals surface area contributed by atoms with Gasteiger partial charge in [0.25, 0.3) is 0 Å². The number of hydrogen-bond acceptors (Lipinski definition) is 5. The Bertz CT molecular complexity index is 762. The Labute approximate surface area is 163 Å². The number of esters is 1. The number of nitrogens with zero attached hydrogens (tertiary/aromatic N) is 1. The molecule has 3 amide bonds. The molecule has 2 rings (SSSR count). The molecule has 9 nitrogen and oxygen atoms in total. The van der Waals surface area contributed by atoms with Gasteiger partial charge in [-0.25, -0.2) is 4.79 Å². The number of amidine groups is 1. The minimum absolute atomic E-state index is 0.0298. The van der Waals surface area contributed by atoms with Crippen LogP contribution in [0, 0.1) is 5.41 Å². The Balaban J connectivity index is 1.91. The van der Waals surface area contributed by atoms with Gasteiger partial charge in [0, 0.05) is 17.8 Å². The van der Waals surface area contributed by atoms with Crippen LogP contribution in [0.1, 0.15) is 25.3 Å². The fraction of sp³-hybridized carbons (Fsp3) is 0.368. The van der Waals surface area contributed by atoms with Crippen LogP contribution in [-0.2, 0) is 14.3 Å². The van der Waals surface area contributed by atoms with Crippen molar-refractivity contribution in [3.8, 4) is 0 Å². The Kier molecular flexibility index (Phi) is 7.14. The molecular formula is C19H25N5O4. The van der Waals surface area contributed by atoms with Gasteiger partial charge in [-0.2, -0.15) is 0 Å². The van der Waals surface area contributed by atoms with E-state index in [-0.39, 0.29) is 24.8 Å². The first-order valence-electron chi connectivity index (χ1n) is 8.96. The predicted octanol–water partition coefficient (Wildman–Crippen LogP) is 0.883. The standard InChI is InChI=1S/C19H25N5O4/c1-3-13(11-16(25)28-4-2)22-19(27)23-15-9-10-24(18(15)26)14-7-5-12(6-8-14)17(20)21/h3,5-8,13,15H,1,4,9-11H2,2H3,(H3,20,21)(H2,22,23,27)/t13-,15?/m1/s1. The summed E-state index contributed by atoms with van der Waals surface area (Å²) in [5.41, 5.74) is 6.67. The molecule has 1 aliphatic rings. The fourth-order valence-corrected chi connectivity index (χ4v) is 2.85. The van der Waals surface area contributed by atoms with Crippen LogP contribution in [0.4, 0.5) is 10.5 Å². The second kappa shape index (κ2) is 9.54. The predicted molar refractivity (Wildman–Crippen MR) is 105 cm³/mol. The van der Waals surface area contributed by atoms with Gasteiger partial charge < -0.3 is 26.0 Å². The van der Waals surface area contributed by atoms with E-state index in [2.05, 4.69) is 17.2 Å². The maximum atomic E-state index is 12.6. The number of benzene rings is 1. The highest BCUT2D eigenvalue weighted by molar-refractivity contribution is 6.02. The van der Waals surface area contributed by atoms with Crippen molar-refractivity contribution in [3.05, 3.63) is 42.5 Å². The van der Waals surface area contributed by atoms with Gasteiger partial charge in [-0.15, -0.1) is 6.58 Å². The lowest BCUT2D eigenvalue weighted by Gasteiger charge is -2.19. The number of anilines is 1. The van der Waals surface area contributed by atoms with Crippen LogP contribution >= 0.6 is 0 Å². The number of ether oxygens (including phenoxy) is 1. The molecule has 2 atom stereocenters. The average Bonchev–Trinajstić information content (AvgIpc) is 3.01. The first-order chi connectivity index (χ1) is 13.3. The first-order valence-corrected chi connectivity index (χ1v) is 8.96. The average molecular weight is 387 g/mol. The summed E-state index contributed by atoms with van der Waals surface area (Å²) in [5, 5.41) is 12.6. The van der Waals surface area contributed by atoms with Crippen molar-refractivity contribution < 1.29 is 19.1 Å². The Hall–Kier alpha value is -3.36. The zero-order valence-corrected chi connectivity index (χ0v) is 15.7. The highest BCUT2D eigenvalue weighted by Crippen LogP contribution is 2.22. The minimum Gasteiger partial charge on any atom is -0.466 e. The van der Waals surface area contributed by atoms with Crippen LogP contribution in [0.5, 0.6) is 0 Å². The van der Waals surface area contributed by atoms with E-state index in [4.69, 9.17) is 15.9 Å². The topological polar surface area (TPSA) is 138 Å². The van der Waals surface area contributed by atoms with Gasteiger partial charge in [0.2, 0.25) is 5.91 Å². The molecule has 1 saturated heterocycles. The number of amides is 3.